The van der Waals surface area contributed by atoms with Crippen LogP contribution in [-0.4, -0.2) is 62.2 Å². The van der Waals surface area contributed by atoms with E-state index in [9.17, 15) is 5.11 Å². The highest BCUT2D eigenvalue weighted by atomic mass is 16.5. The molecule has 0 saturated carbocycles. The topological polar surface area (TPSA) is 41.9 Å². The Kier molecular flexibility index (Phi) is 5.31. The van der Waals surface area contributed by atoms with Gasteiger partial charge in [-0.2, -0.15) is 0 Å². The largest absolute Gasteiger partial charge is 0.389 e. The Labute approximate surface area is 79.4 Å². The fraction of sp³-hybridized carbons (Fsp3) is 1.00. The molecule has 0 bridgehead atoms. The van der Waals surface area contributed by atoms with E-state index < -0.39 is 0 Å². The number of ether oxygens (including phenoxy) is 2. The van der Waals surface area contributed by atoms with Gasteiger partial charge in [-0.25, -0.2) is 0 Å². The molecule has 0 aromatic carbocycles. The molecule has 1 saturated heterocycles. The molecule has 1 aliphatic rings. The van der Waals surface area contributed by atoms with E-state index in [4.69, 9.17) is 9.47 Å². The monoisotopic (exact) mass is 189 g/mol. The van der Waals surface area contributed by atoms with E-state index in [0.717, 1.165) is 26.3 Å². The number of hydrogen-bond donors (Lipinski definition) is 1. The van der Waals surface area contributed by atoms with Gasteiger partial charge in [0.05, 0.1) is 25.9 Å². The fourth-order valence-electron chi connectivity index (χ4n) is 1.39. The van der Waals surface area contributed by atoms with E-state index in [2.05, 4.69) is 4.90 Å². The summed E-state index contributed by atoms with van der Waals surface area (Å²) in [7, 11) is 0. The predicted octanol–water partition coefficient (Wildman–Crippen LogP) is -0.284. The summed E-state index contributed by atoms with van der Waals surface area (Å²) in [6.45, 7) is 7.13. The summed E-state index contributed by atoms with van der Waals surface area (Å²) >= 11 is 0. The molecule has 1 aliphatic heterocycles. The Hall–Kier alpha value is -0.160. The third-order valence-corrected chi connectivity index (χ3v) is 2.09. The molecule has 0 aromatic heterocycles. The highest BCUT2D eigenvalue weighted by molar-refractivity contribution is 4.66. The van der Waals surface area contributed by atoms with Gasteiger partial charge in [0, 0.05) is 26.2 Å². The Morgan fingerprint density at radius 1 is 1.46 bits per heavy atom. The first kappa shape index (κ1) is 10.9. The third kappa shape index (κ3) is 4.57. The van der Waals surface area contributed by atoms with Crippen molar-refractivity contribution in [3.05, 3.63) is 0 Å². The molecule has 4 heteroatoms. The van der Waals surface area contributed by atoms with Crippen LogP contribution in [0, 0.1) is 0 Å². The van der Waals surface area contributed by atoms with Gasteiger partial charge in [-0.15, -0.1) is 0 Å². The van der Waals surface area contributed by atoms with E-state index in [1.54, 1.807) is 0 Å². The van der Waals surface area contributed by atoms with Crippen LogP contribution in [0.5, 0.6) is 0 Å². The molecule has 0 radical (unpaired) electrons. The molecule has 4 nitrogen and oxygen atoms in total. The summed E-state index contributed by atoms with van der Waals surface area (Å²) in [5.74, 6) is 0. The molecule has 0 spiro atoms. The molecule has 1 fully saturated rings. The third-order valence-electron chi connectivity index (χ3n) is 2.09. The maximum absolute atomic E-state index is 9.53. The smallest absolute Gasteiger partial charge is 0.0900 e. The molecule has 78 valence electrons. The highest BCUT2D eigenvalue weighted by Crippen LogP contribution is 1.98. The van der Waals surface area contributed by atoms with Crippen LogP contribution in [-0.2, 0) is 9.47 Å². The average Bonchev–Trinajstić information content (AvgIpc) is 2.16. The highest BCUT2D eigenvalue weighted by Gasteiger charge is 2.14. The molecule has 0 aliphatic carbocycles. The van der Waals surface area contributed by atoms with Crippen molar-refractivity contribution in [2.24, 2.45) is 0 Å². The molecule has 1 atom stereocenters. The Balaban J connectivity index is 2.07. The summed E-state index contributed by atoms with van der Waals surface area (Å²) in [6, 6.07) is 0. The number of rotatable bonds is 5. The lowest BCUT2D eigenvalue weighted by Gasteiger charge is -2.28. The SMILES string of the molecule is CCOCC(O)CN1CCOCC1. The van der Waals surface area contributed by atoms with Gasteiger partial charge < -0.3 is 14.6 Å². The molecular weight excluding hydrogens is 170 g/mol. The summed E-state index contributed by atoms with van der Waals surface area (Å²) in [4.78, 5) is 2.20. The van der Waals surface area contributed by atoms with Crippen LogP contribution in [0.15, 0.2) is 0 Å². The zero-order valence-electron chi connectivity index (χ0n) is 8.24. The van der Waals surface area contributed by atoms with Crippen molar-refractivity contribution in [3.8, 4) is 0 Å². The molecular formula is C9H19NO3. The molecule has 1 unspecified atom stereocenters. The van der Waals surface area contributed by atoms with E-state index in [1.165, 1.54) is 0 Å². The zero-order chi connectivity index (χ0) is 9.52. The fourth-order valence-corrected chi connectivity index (χ4v) is 1.39. The quantitative estimate of drug-likeness (QED) is 0.645. The number of aliphatic hydroxyl groups is 1. The maximum Gasteiger partial charge on any atom is 0.0900 e. The Morgan fingerprint density at radius 2 is 2.15 bits per heavy atom. The standard InChI is InChI=1S/C9H19NO3/c1-2-12-8-9(11)7-10-3-5-13-6-4-10/h9,11H,2-8H2,1H3. The van der Waals surface area contributed by atoms with Gasteiger partial charge in [0.2, 0.25) is 0 Å². The number of aliphatic hydroxyl groups excluding tert-OH is 1. The van der Waals surface area contributed by atoms with Crippen LogP contribution in [0.4, 0.5) is 0 Å². The molecule has 13 heavy (non-hydrogen) atoms. The van der Waals surface area contributed by atoms with Crippen LogP contribution in [0.2, 0.25) is 0 Å². The second-order valence-corrected chi connectivity index (χ2v) is 3.23. The van der Waals surface area contributed by atoms with Crippen molar-refractivity contribution >= 4 is 0 Å². The summed E-state index contributed by atoms with van der Waals surface area (Å²) in [5, 5.41) is 9.53. The summed E-state index contributed by atoms with van der Waals surface area (Å²) < 4.78 is 10.3. The normalized spacial score (nSPS) is 21.7. The lowest BCUT2D eigenvalue weighted by molar-refractivity contribution is -0.0120. The molecule has 1 rings (SSSR count). The predicted molar refractivity (Wildman–Crippen MR) is 49.8 cm³/mol. The van der Waals surface area contributed by atoms with Gasteiger partial charge in [0.15, 0.2) is 0 Å². The van der Waals surface area contributed by atoms with Crippen LogP contribution in [0.25, 0.3) is 0 Å². The van der Waals surface area contributed by atoms with E-state index in [0.29, 0.717) is 19.8 Å². The summed E-state index contributed by atoms with van der Waals surface area (Å²) in [6.07, 6.45) is -0.363. The van der Waals surface area contributed by atoms with Crippen molar-refractivity contribution in [1.29, 1.82) is 0 Å². The van der Waals surface area contributed by atoms with Gasteiger partial charge in [0.1, 0.15) is 0 Å². The molecule has 1 heterocycles. The van der Waals surface area contributed by atoms with Crippen molar-refractivity contribution in [1.82, 2.24) is 4.90 Å². The number of nitrogens with zero attached hydrogens (tertiary/aromatic N) is 1. The maximum atomic E-state index is 9.53. The zero-order valence-corrected chi connectivity index (χ0v) is 8.24. The van der Waals surface area contributed by atoms with Crippen LogP contribution in [0.1, 0.15) is 6.92 Å². The van der Waals surface area contributed by atoms with Gasteiger partial charge in [-0.3, -0.25) is 4.90 Å². The minimum Gasteiger partial charge on any atom is -0.389 e. The number of morpholine rings is 1. The minimum absolute atomic E-state index is 0.363. The van der Waals surface area contributed by atoms with Gasteiger partial charge >= 0.3 is 0 Å². The van der Waals surface area contributed by atoms with E-state index in [-0.39, 0.29) is 6.10 Å². The molecule has 1 N–H and O–H groups in total. The second kappa shape index (κ2) is 6.32. The van der Waals surface area contributed by atoms with Crippen molar-refractivity contribution in [3.63, 3.8) is 0 Å². The minimum atomic E-state index is -0.363. The van der Waals surface area contributed by atoms with Crippen molar-refractivity contribution in [2.45, 2.75) is 13.0 Å². The van der Waals surface area contributed by atoms with Crippen LogP contribution in [0.3, 0.4) is 0 Å². The van der Waals surface area contributed by atoms with Gasteiger partial charge in [-0.1, -0.05) is 0 Å². The van der Waals surface area contributed by atoms with Gasteiger partial charge in [0.25, 0.3) is 0 Å². The summed E-state index contributed by atoms with van der Waals surface area (Å²) in [5.41, 5.74) is 0. The van der Waals surface area contributed by atoms with Crippen molar-refractivity contribution in [2.75, 3.05) is 46.1 Å². The van der Waals surface area contributed by atoms with E-state index in [1.807, 2.05) is 6.92 Å². The van der Waals surface area contributed by atoms with Crippen LogP contribution < -0.4 is 0 Å². The molecule has 0 aromatic rings. The number of β-amino-alcohol motifs (C(OH)–C–C–N with tert-alkyl or cyclic N) is 1. The number of hydrogen-bond acceptors (Lipinski definition) is 4. The lowest BCUT2D eigenvalue weighted by atomic mass is 10.3. The first-order valence-electron chi connectivity index (χ1n) is 4.89. The lowest BCUT2D eigenvalue weighted by Crippen LogP contribution is -2.42. The Bertz CT molecular complexity index is 126. The first-order valence-corrected chi connectivity index (χ1v) is 4.89. The molecule has 0 amide bonds. The second-order valence-electron chi connectivity index (χ2n) is 3.23. The van der Waals surface area contributed by atoms with Gasteiger partial charge in [-0.05, 0) is 6.92 Å². The first-order chi connectivity index (χ1) is 6.33. The Morgan fingerprint density at radius 3 is 2.77 bits per heavy atom. The van der Waals surface area contributed by atoms with Crippen molar-refractivity contribution < 1.29 is 14.6 Å². The van der Waals surface area contributed by atoms with E-state index >= 15 is 0 Å². The van der Waals surface area contributed by atoms with Crippen LogP contribution >= 0.6 is 0 Å². The average molecular weight is 189 g/mol.